The maximum absolute atomic E-state index is 13.1. The van der Waals surface area contributed by atoms with Crippen LogP contribution in [-0.2, 0) is 9.59 Å². The minimum absolute atomic E-state index is 0.00737. The number of amides is 2. The fraction of sp³-hybridized carbons (Fsp3) is 0.158. The highest BCUT2D eigenvalue weighted by Crippen LogP contribution is 2.24. The fourth-order valence-corrected chi connectivity index (χ4v) is 2.99. The smallest absolute Gasteiger partial charge is 0.255 e. The number of nitrogens with zero attached hydrogens (tertiary/aromatic N) is 2. The van der Waals surface area contributed by atoms with Crippen molar-refractivity contribution in [2.75, 3.05) is 18.4 Å². The first-order valence-corrected chi connectivity index (χ1v) is 8.86. The Morgan fingerprint density at radius 2 is 1.82 bits per heavy atom. The lowest BCUT2D eigenvalue weighted by Gasteiger charge is -2.28. The van der Waals surface area contributed by atoms with Gasteiger partial charge < -0.3 is 16.0 Å². The molecule has 0 radical (unpaired) electrons. The lowest BCUT2D eigenvalue weighted by molar-refractivity contribution is -0.135. The highest BCUT2D eigenvalue weighted by atomic mass is 35.5. The summed E-state index contributed by atoms with van der Waals surface area (Å²) in [5, 5.41) is 12.0. The topological polar surface area (TPSA) is 116 Å². The number of anilines is 1. The third kappa shape index (κ3) is 5.08. The lowest BCUT2D eigenvalue weighted by Crippen LogP contribution is -2.53. The SMILES string of the molecule is N#CCN(C(=O)CN)[C@H](C(=O)Nc1ccccc1)C(=O)c1ccc(Cl)cc1Cl. The molecule has 0 aliphatic heterocycles. The molecule has 0 heterocycles. The highest BCUT2D eigenvalue weighted by molar-refractivity contribution is 6.37. The predicted octanol–water partition coefficient (Wildman–Crippen LogP) is 2.49. The number of nitrogens with one attached hydrogen (secondary N) is 1. The molecule has 0 saturated carbocycles. The van der Waals surface area contributed by atoms with Crippen molar-refractivity contribution in [3.63, 3.8) is 0 Å². The lowest BCUT2D eigenvalue weighted by atomic mass is 10.0. The maximum atomic E-state index is 13.1. The average Bonchev–Trinajstić information content (AvgIpc) is 2.67. The molecule has 0 aliphatic carbocycles. The molecule has 9 heteroatoms. The van der Waals surface area contributed by atoms with Gasteiger partial charge in [-0.05, 0) is 30.3 Å². The van der Waals surface area contributed by atoms with Crippen molar-refractivity contribution in [1.82, 2.24) is 4.90 Å². The third-order valence-corrected chi connectivity index (χ3v) is 4.33. The molecule has 2 rings (SSSR count). The molecule has 0 bridgehead atoms. The summed E-state index contributed by atoms with van der Waals surface area (Å²) in [5.41, 5.74) is 5.81. The van der Waals surface area contributed by atoms with Crippen molar-refractivity contribution in [1.29, 1.82) is 5.26 Å². The number of rotatable bonds is 7. The largest absolute Gasteiger partial charge is 0.324 e. The van der Waals surface area contributed by atoms with E-state index in [9.17, 15) is 14.4 Å². The summed E-state index contributed by atoms with van der Waals surface area (Å²) < 4.78 is 0. The number of benzene rings is 2. The average molecular weight is 419 g/mol. The van der Waals surface area contributed by atoms with Crippen molar-refractivity contribution < 1.29 is 14.4 Å². The summed E-state index contributed by atoms with van der Waals surface area (Å²) in [4.78, 5) is 39.1. The maximum Gasteiger partial charge on any atom is 0.255 e. The number of hydrogen-bond acceptors (Lipinski definition) is 5. The molecule has 0 aromatic heterocycles. The van der Waals surface area contributed by atoms with Crippen LogP contribution < -0.4 is 11.1 Å². The van der Waals surface area contributed by atoms with Crippen LogP contribution in [0.25, 0.3) is 0 Å². The zero-order chi connectivity index (χ0) is 20.7. The van der Waals surface area contributed by atoms with Crippen LogP contribution in [-0.4, -0.2) is 41.6 Å². The molecule has 3 N–H and O–H groups in total. The van der Waals surface area contributed by atoms with Crippen LogP contribution in [0.15, 0.2) is 48.5 Å². The van der Waals surface area contributed by atoms with Gasteiger partial charge in [-0.15, -0.1) is 0 Å². The number of nitriles is 1. The number of nitrogens with two attached hydrogens (primary N) is 1. The van der Waals surface area contributed by atoms with Gasteiger partial charge in [-0.2, -0.15) is 5.26 Å². The number of para-hydroxylation sites is 1. The van der Waals surface area contributed by atoms with Crippen LogP contribution in [0.5, 0.6) is 0 Å². The Hall–Kier alpha value is -2.92. The minimum Gasteiger partial charge on any atom is -0.324 e. The van der Waals surface area contributed by atoms with Crippen LogP contribution in [0.3, 0.4) is 0 Å². The van der Waals surface area contributed by atoms with E-state index in [0.717, 1.165) is 4.90 Å². The van der Waals surface area contributed by atoms with E-state index in [1.807, 2.05) is 0 Å². The summed E-state index contributed by atoms with van der Waals surface area (Å²) in [7, 11) is 0. The molecule has 2 aromatic carbocycles. The molecule has 0 saturated heterocycles. The first-order chi connectivity index (χ1) is 13.4. The first kappa shape index (κ1) is 21.4. The molecule has 2 amide bonds. The quantitative estimate of drug-likeness (QED) is 0.406. The van der Waals surface area contributed by atoms with E-state index in [1.54, 1.807) is 36.4 Å². The van der Waals surface area contributed by atoms with Gasteiger partial charge in [-0.25, -0.2) is 0 Å². The molecule has 0 spiro atoms. The number of Topliss-reactive ketones (excluding diaryl/α,β-unsaturated/α-hetero) is 1. The monoisotopic (exact) mass is 418 g/mol. The number of ketones is 1. The van der Waals surface area contributed by atoms with Crippen LogP contribution >= 0.6 is 23.2 Å². The van der Waals surface area contributed by atoms with E-state index in [0.29, 0.717) is 10.7 Å². The Kier molecular flexibility index (Phi) is 7.52. The fourth-order valence-electron chi connectivity index (χ4n) is 2.49. The minimum atomic E-state index is -1.63. The van der Waals surface area contributed by atoms with E-state index < -0.39 is 36.7 Å². The summed E-state index contributed by atoms with van der Waals surface area (Å²) >= 11 is 12.0. The molecular formula is C19H16Cl2N4O3. The van der Waals surface area contributed by atoms with Gasteiger partial charge >= 0.3 is 0 Å². The van der Waals surface area contributed by atoms with Gasteiger partial charge in [-0.3, -0.25) is 14.4 Å². The van der Waals surface area contributed by atoms with Gasteiger partial charge in [0.2, 0.25) is 5.91 Å². The number of hydrogen-bond donors (Lipinski definition) is 2. The Morgan fingerprint density at radius 3 is 2.39 bits per heavy atom. The predicted molar refractivity (Wildman–Crippen MR) is 106 cm³/mol. The highest BCUT2D eigenvalue weighted by Gasteiger charge is 2.37. The Morgan fingerprint density at radius 1 is 1.14 bits per heavy atom. The van der Waals surface area contributed by atoms with Gasteiger partial charge in [0.1, 0.15) is 6.54 Å². The van der Waals surface area contributed by atoms with Crippen LogP contribution in [0.4, 0.5) is 5.69 Å². The Balaban J connectivity index is 2.47. The van der Waals surface area contributed by atoms with E-state index in [1.165, 1.54) is 18.2 Å². The van der Waals surface area contributed by atoms with Crippen molar-refractivity contribution >= 4 is 46.5 Å². The van der Waals surface area contributed by atoms with E-state index in [4.69, 9.17) is 34.2 Å². The summed E-state index contributed by atoms with van der Waals surface area (Å²) in [6.45, 7) is -0.974. The standard InChI is InChI=1S/C19H16Cl2N4O3/c20-12-6-7-14(15(21)10-12)18(27)17(25(9-8-22)16(26)11-23)19(28)24-13-4-2-1-3-5-13/h1-7,10,17H,9,11,23H2,(H,24,28)/t17-/m0/s1. The van der Waals surface area contributed by atoms with Crippen molar-refractivity contribution in [2.45, 2.75) is 6.04 Å². The number of halogens is 2. The summed E-state index contributed by atoms with van der Waals surface area (Å²) in [5.74, 6) is -2.28. The van der Waals surface area contributed by atoms with Gasteiger partial charge in [0.05, 0.1) is 17.6 Å². The zero-order valence-corrected chi connectivity index (χ0v) is 16.1. The second kappa shape index (κ2) is 9.85. The van der Waals surface area contributed by atoms with Gasteiger partial charge in [0, 0.05) is 16.3 Å². The van der Waals surface area contributed by atoms with Gasteiger partial charge in [0.15, 0.2) is 11.8 Å². The molecular weight excluding hydrogens is 403 g/mol. The molecule has 0 fully saturated rings. The number of carbonyl (C=O) groups excluding carboxylic acids is 3. The third-order valence-electron chi connectivity index (χ3n) is 3.78. The van der Waals surface area contributed by atoms with Crippen LogP contribution in [0.2, 0.25) is 10.0 Å². The van der Waals surface area contributed by atoms with Gasteiger partial charge in [-0.1, -0.05) is 41.4 Å². The molecule has 7 nitrogen and oxygen atoms in total. The molecule has 0 aliphatic rings. The molecule has 0 unspecified atom stereocenters. The number of carbonyl (C=O) groups is 3. The molecule has 28 heavy (non-hydrogen) atoms. The normalized spacial score (nSPS) is 11.2. The summed E-state index contributed by atoms with van der Waals surface area (Å²) in [6, 6.07) is 12.7. The van der Waals surface area contributed by atoms with Crippen LogP contribution in [0, 0.1) is 11.3 Å². The Bertz CT molecular complexity index is 929. The zero-order valence-electron chi connectivity index (χ0n) is 14.6. The molecule has 2 aromatic rings. The van der Waals surface area contributed by atoms with E-state index in [2.05, 4.69) is 5.32 Å². The summed E-state index contributed by atoms with van der Waals surface area (Å²) in [6.07, 6.45) is 0. The Labute approximate surface area is 171 Å². The van der Waals surface area contributed by atoms with Crippen LogP contribution in [0.1, 0.15) is 10.4 Å². The molecule has 144 valence electrons. The van der Waals surface area contributed by atoms with Crippen molar-refractivity contribution in [2.24, 2.45) is 5.73 Å². The van der Waals surface area contributed by atoms with E-state index >= 15 is 0 Å². The first-order valence-electron chi connectivity index (χ1n) is 8.10. The van der Waals surface area contributed by atoms with Crippen molar-refractivity contribution in [3.8, 4) is 6.07 Å². The van der Waals surface area contributed by atoms with E-state index in [-0.39, 0.29) is 10.6 Å². The molecule has 1 atom stereocenters. The van der Waals surface area contributed by atoms with Gasteiger partial charge in [0.25, 0.3) is 5.91 Å². The second-order valence-electron chi connectivity index (χ2n) is 5.63. The van der Waals surface area contributed by atoms with Crippen molar-refractivity contribution in [3.05, 3.63) is 64.1 Å². The second-order valence-corrected chi connectivity index (χ2v) is 6.47.